The molecule has 0 aromatic heterocycles. The first-order valence-electron chi connectivity index (χ1n) is 5.23. The van der Waals surface area contributed by atoms with Crippen LogP contribution in [0.5, 0.6) is 0 Å². The predicted octanol–water partition coefficient (Wildman–Crippen LogP) is 2.33. The molecule has 5 nitrogen and oxygen atoms in total. The maximum absolute atomic E-state index is 13.5. The van der Waals surface area contributed by atoms with Crippen molar-refractivity contribution in [2.45, 2.75) is 12.5 Å². The fraction of sp³-hybridized carbons (Fsp3) is 0.167. The van der Waals surface area contributed by atoms with Crippen molar-refractivity contribution in [1.29, 1.82) is 0 Å². The Labute approximate surface area is 121 Å². The second-order valence-corrected chi connectivity index (χ2v) is 4.50. The van der Waals surface area contributed by atoms with Gasteiger partial charge in [-0.25, -0.2) is 18.4 Å². The highest BCUT2D eigenvalue weighted by molar-refractivity contribution is 9.10. The number of carboxylic acids is 1. The van der Waals surface area contributed by atoms with Gasteiger partial charge in [0.2, 0.25) is 0 Å². The Morgan fingerprint density at radius 3 is 2.60 bits per heavy atom. The summed E-state index contributed by atoms with van der Waals surface area (Å²) in [6.45, 7) is 0. The first-order chi connectivity index (χ1) is 9.35. The molecule has 1 rings (SSSR count). The molecule has 0 saturated carbocycles. The SMILES string of the molecule is C#CCC(NC(=O)Nc1c(F)cc(F)cc1Br)C(=O)O. The van der Waals surface area contributed by atoms with Crippen LogP contribution in [0.4, 0.5) is 19.3 Å². The standard InChI is InChI=1S/C12H9BrF2N2O3/c1-2-3-9(11(18)19)16-12(20)17-10-7(13)4-6(14)5-8(10)15/h1,4-5,9H,3H2,(H,18,19)(H2,16,17,20). The van der Waals surface area contributed by atoms with E-state index in [9.17, 15) is 18.4 Å². The van der Waals surface area contributed by atoms with Gasteiger partial charge in [-0.1, -0.05) is 0 Å². The number of halogens is 3. The molecule has 0 bridgehead atoms. The molecule has 20 heavy (non-hydrogen) atoms. The van der Waals surface area contributed by atoms with Gasteiger partial charge in [-0.3, -0.25) is 0 Å². The van der Waals surface area contributed by atoms with Crippen LogP contribution < -0.4 is 10.6 Å². The molecular weight excluding hydrogens is 338 g/mol. The Bertz CT molecular complexity index is 564. The Hall–Kier alpha value is -2.14. The molecule has 0 saturated heterocycles. The van der Waals surface area contributed by atoms with Gasteiger partial charge >= 0.3 is 12.0 Å². The highest BCUT2D eigenvalue weighted by Gasteiger charge is 2.20. The molecular formula is C12H9BrF2N2O3. The van der Waals surface area contributed by atoms with Crippen molar-refractivity contribution < 1.29 is 23.5 Å². The fourth-order valence-electron chi connectivity index (χ4n) is 1.29. The Morgan fingerprint density at radius 2 is 2.10 bits per heavy atom. The number of urea groups is 1. The maximum Gasteiger partial charge on any atom is 0.327 e. The molecule has 8 heteroatoms. The van der Waals surface area contributed by atoms with Gasteiger partial charge < -0.3 is 15.7 Å². The first-order valence-corrected chi connectivity index (χ1v) is 6.02. The van der Waals surface area contributed by atoms with Gasteiger partial charge in [0.25, 0.3) is 0 Å². The molecule has 106 valence electrons. The van der Waals surface area contributed by atoms with E-state index in [0.29, 0.717) is 6.07 Å². The van der Waals surface area contributed by atoms with E-state index in [1.54, 1.807) is 0 Å². The van der Waals surface area contributed by atoms with Gasteiger partial charge in [-0.2, -0.15) is 0 Å². The zero-order valence-electron chi connectivity index (χ0n) is 9.91. The molecule has 1 aromatic rings. The van der Waals surface area contributed by atoms with Crippen LogP contribution in [0.3, 0.4) is 0 Å². The van der Waals surface area contributed by atoms with E-state index in [2.05, 4.69) is 32.5 Å². The van der Waals surface area contributed by atoms with Gasteiger partial charge in [0.05, 0.1) is 5.69 Å². The monoisotopic (exact) mass is 346 g/mol. The molecule has 1 aromatic carbocycles. The highest BCUT2D eigenvalue weighted by atomic mass is 79.9. The molecule has 0 aliphatic heterocycles. The smallest absolute Gasteiger partial charge is 0.327 e. The lowest BCUT2D eigenvalue weighted by atomic mass is 10.2. The summed E-state index contributed by atoms with van der Waals surface area (Å²) in [4.78, 5) is 22.3. The summed E-state index contributed by atoms with van der Waals surface area (Å²) in [5, 5.41) is 12.9. The van der Waals surface area contributed by atoms with Crippen LogP contribution in [0.25, 0.3) is 0 Å². The first kappa shape index (κ1) is 15.9. The van der Waals surface area contributed by atoms with Crippen molar-refractivity contribution in [3.63, 3.8) is 0 Å². The van der Waals surface area contributed by atoms with E-state index in [4.69, 9.17) is 11.5 Å². The number of carboxylic acid groups (broad SMARTS) is 1. The summed E-state index contributed by atoms with van der Waals surface area (Å²) in [6, 6.07) is -0.744. The quantitative estimate of drug-likeness (QED) is 0.732. The van der Waals surface area contributed by atoms with E-state index < -0.39 is 29.7 Å². The Balaban J connectivity index is 2.81. The van der Waals surface area contributed by atoms with Gasteiger partial charge in [-0.15, -0.1) is 12.3 Å². The zero-order valence-corrected chi connectivity index (χ0v) is 11.5. The van der Waals surface area contributed by atoms with Crippen LogP contribution in [0, 0.1) is 24.0 Å². The van der Waals surface area contributed by atoms with E-state index in [1.807, 2.05) is 0 Å². The van der Waals surface area contributed by atoms with Crippen LogP contribution in [0.2, 0.25) is 0 Å². The molecule has 2 amide bonds. The molecule has 0 fully saturated rings. The van der Waals surface area contributed by atoms with E-state index in [-0.39, 0.29) is 16.6 Å². The summed E-state index contributed by atoms with van der Waals surface area (Å²) in [7, 11) is 0. The van der Waals surface area contributed by atoms with Gasteiger partial charge in [-0.05, 0) is 22.0 Å². The second-order valence-electron chi connectivity index (χ2n) is 3.64. The largest absolute Gasteiger partial charge is 0.480 e. The molecule has 1 atom stereocenters. The zero-order chi connectivity index (χ0) is 15.3. The highest BCUT2D eigenvalue weighted by Crippen LogP contribution is 2.26. The second kappa shape index (κ2) is 6.86. The number of amides is 2. The van der Waals surface area contributed by atoms with Gasteiger partial charge in [0.15, 0.2) is 5.82 Å². The Morgan fingerprint density at radius 1 is 1.45 bits per heavy atom. The number of hydrogen-bond acceptors (Lipinski definition) is 2. The van der Waals surface area contributed by atoms with Crippen LogP contribution >= 0.6 is 15.9 Å². The third-order valence-electron chi connectivity index (χ3n) is 2.17. The fourth-order valence-corrected chi connectivity index (χ4v) is 1.79. The van der Waals surface area contributed by atoms with E-state index in [1.165, 1.54) is 0 Å². The van der Waals surface area contributed by atoms with Crippen molar-refractivity contribution in [3.8, 4) is 12.3 Å². The third kappa shape index (κ3) is 4.20. The number of carbonyl (C=O) groups excluding carboxylic acids is 1. The summed E-state index contributed by atoms with van der Waals surface area (Å²) >= 11 is 2.88. The van der Waals surface area contributed by atoms with E-state index >= 15 is 0 Å². The number of carbonyl (C=O) groups is 2. The van der Waals surface area contributed by atoms with Crippen LogP contribution in [0.15, 0.2) is 16.6 Å². The summed E-state index contributed by atoms with van der Waals surface area (Å²) in [5.41, 5.74) is -0.311. The lowest BCUT2D eigenvalue weighted by Crippen LogP contribution is -2.42. The van der Waals surface area contributed by atoms with Crippen LogP contribution in [-0.4, -0.2) is 23.1 Å². The topological polar surface area (TPSA) is 78.4 Å². The average Bonchev–Trinajstić information content (AvgIpc) is 2.33. The lowest BCUT2D eigenvalue weighted by molar-refractivity contribution is -0.139. The third-order valence-corrected chi connectivity index (χ3v) is 2.80. The average molecular weight is 347 g/mol. The number of terminal acetylenes is 1. The number of benzene rings is 1. The van der Waals surface area contributed by atoms with Gasteiger partial charge in [0.1, 0.15) is 11.9 Å². The number of aliphatic carboxylic acids is 1. The minimum atomic E-state index is -1.32. The van der Waals surface area contributed by atoms with E-state index in [0.717, 1.165) is 6.07 Å². The van der Waals surface area contributed by atoms with Crippen LogP contribution in [-0.2, 0) is 4.79 Å². The van der Waals surface area contributed by atoms with Crippen molar-refractivity contribution in [1.82, 2.24) is 5.32 Å². The molecule has 0 heterocycles. The minimum absolute atomic E-state index is 0.0195. The number of nitrogens with one attached hydrogen (secondary N) is 2. The summed E-state index contributed by atoms with van der Waals surface area (Å²) in [6.07, 6.45) is 4.74. The number of rotatable bonds is 4. The van der Waals surface area contributed by atoms with Crippen molar-refractivity contribution in [3.05, 3.63) is 28.2 Å². The van der Waals surface area contributed by atoms with Crippen molar-refractivity contribution in [2.75, 3.05) is 5.32 Å². The molecule has 0 aliphatic carbocycles. The summed E-state index contributed by atoms with van der Waals surface area (Å²) in [5.74, 6) is -1.06. The minimum Gasteiger partial charge on any atom is -0.480 e. The van der Waals surface area contributed by atoms with Gasteiger partial charge in [0, 0.05) is 17.0 Å². The molecule has 0 radical (unpaired) electrons. The normalized spacial score (nSPS) is 11.3. The Kier molecular flexibility index (Phi) is 5.46. The van der Waals surface area contributed by atoms with Crippen molar-refractivity contribution >= 4 is 33.6 Å². The van der Waals surface area contributed by atoms with Crippen LogP contribution in [0.1, 0.15) is 6.42 Å². The summed E-state index contributed by atoms with van der Waals surface area (Å²) < 4.78 is 26.3. The molecule has 3 N–H and O–H groups in total. The predicted molar refractivity (Wildman–Crippen MR) is 71.1 cm³/mol. The molecule has 1 unspecified atom stereocenters. The maximum atomic E-state index is 13.5. The van der Waals surface area contributed by atoms with Crippen molar-refractivity contribution in [2.24, 2.45) is 0 Å². The molecule has 0 aliphatic rings. The molecule has 0 spiro atoms. The number of hydrogen-bond donors (Lipinski definition) is 3. The lowest BCUT2D eigenvalue weighted by Gasteiger charge is -2.14. The number of anilines is 1.